The van der Waals surface area contributed by atoms with Crippen LogP contribution in [0.4, 0.5) is 0 Å². The Hall–Kier alpha value is -1.55. The predicted molar refractivity (Wildman–Crippen MR) is 75.9 cm³/mol. The summed E-state index contributed by atoms with van der Waals surface area (Å²) >= 11 is 0. The number of hydrogen-bond acceptors (Lipinski definition) is 3. The van der Waals surface area contributed by atoms with E-state index in [9.17, 15) is 0 Å². The van der Waals surface area contributed by atoms with Crippen molar-refractivity contribution in [2.75, 3.05) is 6.61 Å². The number of benzene rings is 1. The largest absolute Gasteiger partial charge is 0.491 e. The Balaban J connectivity index is 2.00. The third-order valence-electron chi connectivity index (χ3n) is 3.48. The predicted octanol–water partition coefficient (Wildman–Crippen LogP) is 2.62. The highest BCUT2D eigenvalue weighted by atomic mass is 16.6. The maximum atomic E-state index is 7.45. The van der Waals surface area contributed by atoms with Crippen LogP contribution in [0.25, 0.3) is 0 Å². The van der Waals surface area contributed by atoms with Crippen LogP contribution in [0.3, 0.4) is 0 Å². The number of nitrogen functional groups attached to an aromatic ring is 1. The molecule has 4 nitrogen and oxygen atoms in total. The third-order valence-corrected chi connectivity index (χ3v) is 3.48. The Labute approximate surface area is 114 Å². The number of nitrogens with two attached hydrogens (primary N) is 1. The van der Waals surface area contributed by atoms with Crippen molar-refractivity contribution in [1.82, 2.24) is 0 Å². The smallest absolute Gasteiger partial charge is 0.123 e. The van der Waals surface area contributed by atoms with Gasteiger partial charge in [-0.2, -0.15) is 0 Å². The number of rotatable bonds is 4. The molecule has 0 amide bonds. The second kappa shape index (κ2) is 5.21. The van der Waals surface area contributed by atoms with E-state index in [4.69, 9.17) is 20.6 Å². The molecule has 1 heterocycles. The summed E-state index contributed by atoms with van der Waals surface area (Å²) in [7, 11) is 0. The molecular weight excluding hydrogens is 240 g/mol. The van der Waals surface area contributed by atoms with Gasteiger partial charge < -0.3 is 15.2 Å². The van der Waals surface area contributed by atoms with Crippen molar-refractivity contribution >= 4 is 5.84 Å². The molecule has 1 saturated heterocycles. The van der Waals surface area contributed by atoms with Crippen LogP contribution < -0.4 is 10.5 Å². The van der Waals surface area contributed by atoms with E-state index < -0.39 is 0 Å². The summed E-state index contributed by atoms with van der Waals surface area (Å²) in [5, 5.41) is 7.45. The lowest BCUT2D eigenvalue weighted by Gasteiger charge is -2.20. The normalized spacial score (nSPS) is 21.3. The van der Waals surface area contributed by atoms with Gasteiger partial charge in [-0.1, -0.05) is 12.1 Å². The zero-order valence-corrected chi connectivity index (χ0v) is 11.8. The number of amidine groups is 1. The minimum Gasteiger partial charge on any atom is -0.491 e. The summed E-state index contributed by atoms with van der Waals surface area (Å²) < 4.78 is 11.7. The van der Waals surface area contributed by atoms with Gasteiger partial charge in [0.1, 0.15) is 18.2 Å². The van der Waals surface area contributed by atoms with E-state index in [0.717, 1.165) is 24.2 Å². The van der Waals surface area contributed by atoms with Crippen LogP contribution in [0.1, 0.15) is 37.8 Å². The van der Waals surface area contributed by atoms with Gasteiger partial charge in [0, 0.05) is 5.56 Å². The maximum Gasteiger partial charge on any atom is 0.123 e. The van der Waals surface area contributed by atoms with E-state index in [-0.39, 0.29) is 17.5 Å². The molecule has 1 aromatic rings. The molecule has 0 bridgehead atoms. The van der Waals surface area contributed by atoms with Crippen molar-refractivity contribution in [1.29, 1.82) is 5.41 Å². The molecule has 0 saturated carbocycles. The highest BCUT2D eigenvalue weighted by molar-refractivity contribution is 5.95. The Kier molecular flexibility index (Phi) is 3.80. The molecule has 1 fully saturated rings. The van der Waals surface area contributed by atoms with Crippen LogP contribution in [0.15, 0.2) is 18.2 Å². The lowest BCUT2D eigenvalue weighted by Crippen LogP contribution is -2.24. The van der Waals surface area contributed by atoms with Crippen molar-refractivity contribution < 1.29 is 9.47 Å². The van der Waals surface area contributed by atoms with Crippen LogP contribution in [0.2, 0.25) is 0 Å². The average molecular weight is 262 g/mol. The molecule has 1 aliphatic heterocycles. The van der Waals surface area contributed by atoms with E-state index in [1.807, 2.05) is 25.1 Å². The summed E-state index contributed by atoms with van der Waals surface area (Å²) in [6.45, 7) is 6.74. The van der Waals surface area contributed by atoms with Gasteiger partial charge in [-0.05, 0) is 45.2 Å². The Morgan fingerprint density at radius 3 is 2.84 bits per heavy atom. The molecule has 1 unspecified atom stereocenters. The summed E-state index contributed by atoms with van der Waals surface area (Å²) in [6.07, 6.45) is 2.24. The number of ether oxygens (including phenoxy) is 2. The molecule has 0 aliphatic carbocycles. The van der Waals surface area contributed by atoms with E-state index >= 15 is 0 Å². The average Bonchev–Trinajstić information content (AvgIpc) is 2.67. The fraction of sp³-hybridized carbons (Fsp3) is 0.533. The molecule has 1 atom stereocenters. The monoisotopic (exact) mass is 262 g/mol. The topological polar surface area (TPSA) is 68.3 Å². The quantitative estimate of drug-likeness (QED) is 0.647. The zero-order chi connectivity index (χ0) is 14.0. The van der Waals surface area contributed by atoms with Gasteiger partial charge in [-0.15, -0.1) is 0 Å². The van der Waals surface area contributed by atoms with Crippen LogP contribution in [-0.4, -0.2) is 24.1 Å². The maximum absolute atomic E-state index is 7.45. The molecule has 0 radical (unpaired) electrons. The number of nitrogens with one attached hydrogen (secondary N) is 1. The summed E-state index contributed by atoms with van der Waals surface area (Å²) in [5.74, 6) is 0.837. The first-order valence-corrected chi connectivity index (χ1v) is 6.63. The number of hydrogen-bond donors (Lipinski definition) is 2. The standard InChI is InChI=1S/C15H22N2O2/c1-10-4-5-11(14(16)17)8-13(10)18-9-12-6-7-15(2,3)19-12/h4-5,8,12H,6-7,9H2,1-3H3,(H3,16,17). The van der Waals surface area contributed by atoms with Crippen LogP contribution >= 0.6 is 0 Å². The lowest BCUT2D eigenvalue weighted by atomic mass is 10.1. The molecule has 104 valence electrons. The van der Waals surface area contributed by atoms with Crippen LogP contribution in [0.5, 0.6) is 5.75 Å². The van der Waals surface area contributed by atoms with Crippen molar-refractivity contribution in [3.05, 3.63) is 29.3 Å². The second-order valence-corrected chi connectivity index (χ2v) is 5.74. The first kappa shape index (κ1) is 13.9. The molecule has 0 spiro atoms. The van der Waals surface area contributed by atoms with E-state index in [1.165, 1.54) is 0 Å². The van der Waals surface area contributed by atoms with E-state index in [2.05, 4.69) is 13.8 Å². The van der Waals surface area contributed by atoms with Crippen molar-refractivity contribution in [3.8, 4) is 5.75 Å². The highest BCUT2D eigenvalue weighted by Crippen LogP contribution is 2.30. The van der Waals surface area contributed by atoms with Gasteiger partial charge in [-0.3, -0.25) is 5.41 Å². The van der Waals surface area contributed by atoms with Crippen LogP contribution in [-0.2, 0) is 4.74 Å². The van der Waals surface area contributed by atoms with Crippen LogP contribution in [0, 0.1) is 12.3 Å². The van der Waals surface area contributed by atoms with Gasteiger partial charge >= 0.3 is 0 Å². The first-order valence-electron chi connectivity index (χ1n) is 6.63. The molecule has 1 aromatic carbocycles. The molecular formula is C15H22N2O2. The molecule has 0 aromatic heterocycles. The van der Waals surface area contributed by atoms with Gasteiger partial charge in [-0.25, -0.2) is 0 Å². The zero-order valence-electron chi connectivity index (χ0n) is 11.8. The van der Waals surface area contributed by atoms with Gasteiger partial charge in [0.2, 0.25) is 0 Å². The highest BCUT2D eigenvalue weighted by Gasteiger charge is 2.31. The van der Waals surface area contributed by atoms with Crippen molar-refractivity contribution in [3.63, 3.8) is 0 Å². The molecule has 2 rings (SSSR count). The number of aryl methyl sites for hydroxylation is 1. The molecule has 3 N–H and O–H groups in total. The summed E-state index contributed by atoms with van der Waals surface area (Å²) in [5.41, 5.74) is 7.18. The summed E-state index contributed by atoms with van der Waals surface area (Å²) in [6, 6.07) is 5.57. The molecule has 1 aliphatic rings. The van der Waals surface area contributed by atoms with Crippen molar-refractivity contribution in [2.24, 2.45) is 5.73 Å². The fourth-order valence-electron chi connectivity index (χ4n) is 2.30. The van der Waals surface area contributed by atoms with Gasteiger partial charge in [0.15, 0.2) is 0 Å². The van der Waals surface area contributed by atoms with Crippen molar-refractivity contribution in [2.45, 2.75) is 45.3 Å². The Morgan fingerprint density at radius 2 is 2.26 bits per heavy atom. The Morgan fingerprint density at radius 1 is 1.53 bits per heavy atom. The minimum absolute atomic E-state index is 0.0374. The van der Waals surface area contributed by atoms with E-state index in [0.29, 0.717) is 12.2 Å². The molecule has 4 heteroatoms. The first-order chi connectivity index (χ1) is 8.87. The Bertz CT molecular complexity index is 483. The molecule has 19 heavy (non-hydrogen) atoms. The fourth-order valence-corrected chi connectivity index (χ4v) is 2.30. The third kappa shape index (κ3) is 3.47. The SMILES string of the molecule is Cc1ccc(C(=N)N)cc1OCC1CCC(C)(C)O1. The second-order valence-electron chi connectivity index (χ2n) is 5.74. The van der Waals surface area contributed by atoms with E-state index in [1.54, 1.807) is 0 Å². The summed E-state index contributed by atoms with van der Waals surface area (Å²) in [4.78, 5) is 0. The van der Waals surface area contributed by atoms with Gasteiger partial charge in [0.25, 0.3) is 0 Å². The lowest BCUT2D eigenvalue weighted by molar-refractivity contribution is -0.0327. The minimum atomic E-state index is -0.0374. The van der Waals surface area contributed by atoms with Gasteiger partial charge in [0.05, 0.1) is 11.7 Å².